The molecule has 0 unspecified atom stereocenters. The van der Waals surface area contributed by atoms with Gasteiger partial charge in [0.15, 0.2) is 0 Å². The van der Waals surface area contributed by atoms with Crippen molar-refractivity contribution in [1.29, 1.82) is 0 Å². The number of amides is 2. The molecule has 8 heteroatoms. The van der Waals surface area contributed by atoms with E-state index in [0.29, 0.717) is 13.0 Å². The normalized spacial score (nSPS) is 28.3. The van der Waals surface area contributed by atoms with E-state index in [0.717, 1.165) is 10.0 Å². The quantitative estimate of drug-likeness (QED) is 0.626. The van der Waals surface area contributed by atoms with Crippen molar-refractivity contribution in [2.75, 3.05) is 19.8 Å². The number of hydrogen-bond acceptors (Lipinski definition) is 5. The molecule has 2 aliphatic rings. The van der Waals surface area contributed by atoms with Crippen molar-refractivity contribution in [3.8, 4) is 0 Å². The van der Waals surface area contributed by atoms with Gasteiger partial charge in [-0.05, 0) is 45.2 Å². The molecule has 0 aromatic heterocycles. The van der Waals surface area contributed by atoms with E-state index in [1.807, 2.05) is 24.3 Å². The number of nitrogens with two attached hydrogens (primary N) is 1. The van der Waals surface area contributed by atoms with Crippen molar-refractivity contribution >= 4 is 27.9 Å². The van der Waals surface area contributed by atoms with Gasteiger partial charge in [-0.25, -0.2) is 4.79 Å². The van der Waals surface area contributed by atoms with Crippen molar-refractivity contribution < 1.29 is 24.5 Å². The van der Waals surface area contributed by atoms with Crippen LogP contribution < -0.4 is 5.73 Å². The number of aliphatic hydroxyl groups is 2. The topological polar surface area (TPSA) is 113 Å². The Bertz CT molecular complexity index is 805. The lowest BCUT2D eigenvalue weighted by Gasteiger charge is -2.42. The summed E-state index contributed by atoms with van der Waals surface area (Å²) in [6.45, 7) is 4.95. The molecule has 4 N–H and O–H groups in total. The van der Waals surface area contributed by atoms with Crippen molar-refractivity contribution in [3.63, 3.8) is 0 Å². The highest BCUT2D eigenvalue weighted by molar-refractivity contribution is 9.10. The Morgan fingerprint density at radius 2 is 1.90 bits per heavy atom. The molecule has 1 aliphatic carbocycles. The average Bonchev–Trinajstić information content (AvgIpc) is 3.15. The second kappa shape index (κ2) is 7.56. The van der Waals surface area contributed by atoms with E-state index in [1.165, 1.54) is 0 Å². The molecule has 0 radical (unpaired) electrons. The minimum Gasteiger partial charge on any atom is -0.444 e. The summed E-state index contributed by atoms with van der Waals surface area (Å²) >= 11 is 3.59. The minimum atomic E-state index is -1.07. The average molecular weight is 469 g/mol. The van der Waals surface area contributed by atoms with Gasteiger partial charge in [-0.15, -0.1) is 0 Å². The van der Waals surface area contributed by atoms with Gasteiger partial charge >= 0.3 is 6.09 Å². The number of ether oxygens (including phenoxy) is 1. The highest BCUT2D eigenvalue weighted by Crippen LogP contribution is 2.62. The summed E-state index contributed by atoms with van der Waals surface area (Å²) in [5, 5.41) is 20.6. The maximum atomic E-state index is 13.1. The smallest absolute Gasteiger partial charge is 0.410 e. The summed E-state index contributed by atoms with van der Waals surface area (Å²) in [7, 11) is 0. The van der Waals surface area contributed by atoms with Gasteiger partial charge in [0, 0.05) is 21.8 Å². The van der Waals surface area contributed by atoms with Gasteiger partial charge in [-0.3, -0.25) is 4.79 Å². The van der Waals surface area contributed by atoms with Crippen LogP contribution in [0.25, 0.3) is 0 Å². The Kier molecular flexibility index (Phi) is 5.75. The molecule has 1 aliphatic heterocycles. The van der Waals surface area contributed by atoms with Crippen molar-refractivity contribution in [2.45, 2.75) is 50.7 Å². The van der Waals surface area contributed by atoms with Crippen LogP contribution >= 0.6 is 15.9 Å². The van der Waals surface area contributed by atoms with E-state index in [9.17, 15) is 19.8 Å². The summed E-state index contributed by atoms with van der Waals surface area (Å²) in [6.07, 6.45) is 0.156. The van der Waals surface area contributed by atoms with Crippen LogP contribution in [0.2, 0.25) is 0 Å². The third-order valence-corrected chi connectivity index (χ3v) is 7.05. The fourth-order valence-electron chi connectivity index (χ4n) is 5.32. The summed E-state index contributed by atoms with van der Waals surface area (Å²) < 4.78 is 6.41. The third-order valence-electron chi connectivity index (χ3n) is 6.36. The van der Waals surface area contributed by atoms with Gasteiger partial charge < -0.3 is 25.6 Å². The Balaban J connectivity index is 2.21. The Morgan fingerprint density at radius 1 is 1.28 bits per heavy atom. The number of aliphatic hydroxyl groups excluding tert-OH is 2. The molecule has 1 saturated heterocycles. The molecule has 29 heavy (non-hydrogen) atoms. The monoisotopic (exact) mass is 468 g/mol. The van der Waals surface area contributed by atoms with Crippen LogP contribution in [0.15, 0.2) is 28.7 Å². The predicted molar refractivity (Wildman–Crippen MR) is 111 cm³/mol. The fraction of sp³-hybridized carbons (Fsp3) is 0.619. The highest BCUT2D eigenvalue weighted by atomic mass is 79.9. The first-order valence-electron chi connectivity index (χ1n) is 9.78. The number of rotatable bonds is 4. The Labute approximate surface area is 179 Å². The molecule has 1 aromatic carbocycles. The van der Waals surface area contributed by atoms with Crippen molar-refractivity contribution in [1.82, 2.24) is 4.90 Å². The molecule has 1 aromatic rings. The summed E-state index contributed by atoms with van der Waals surface area (Å²) in [6, 6.07) is 6.91. The first kappa shape index (κ1) is 22.1. The minimum absolute atomic E-state index is 0.195. The maximum absolute atomic E-state index is 13.1. The first-order valence-corrected chi connectivity index (χ1v) is 10.6. The van der Waals surface area contributed by atoms with Gasteiger partial charge in [0.25, 0.3) is 0 Å². The number of hydrogen-bond donors (Lipinski definition) is 3. The zero-order valence-electron chi connectivity index (χ0n) is 17.0. The SMILES string of the molecule is CC(C)(C)OC(=O)N1CC[C@]2(c3ccccc3Br)[C@@H](C(N)=O)CC(CO)(CO)[C@H]12. The third kappa shape index (κ3) is 3.45. The Morgan fingerprint density at radius 3 is 2.41 bits per heavy atom. The number of carbonyl (C=O) groups excluding carboxylic acids is 2. The Hall–Kier alpha value is -1.64. The summed E-state index contributed by atoms with van der Waals surface area (Å²) in [4.78, 5) is 27.2. The van der Waals surface area contributed by atoms with Crippen molar-refractivity contribution in [2.24, 2.45) is 17.1 Å². The molecule has 1 saturated carbocycles. The molecular weight excluding hydrogens is 440 g/mol. The zero-order valence-corrected chi connectivity index (χ0v) is 18.6. The highest BCUT2D eigenvalue weighted by Gasteiger charge is 2.69. The van der Waals surface area contributed by atoms with Crippen LogP contribution in [0.4, 0.5) is 4.79 Å². The van der Waals surface area contributed by atoms with Crippen LogP contribution in [0, 0.1) is 11.3 Å². The van der Waals surface area contributed by atoms with Crippen LogP contribution in [-0.4, -0.2) is 58.5 Å². The van der Waals surface area contributed by atoms with Gasteiger partial charge in [0.2, 0.25) is 5.91 Å². The lowest BCUT2D eigenvalue weighted by molar-refractivity contribution is -0.123. The molecule has 3 atom stereocenters. The maximum Gasteiger partial charge on any atom is 0.410 e. The van der Waals surface area contributed by atoms with E-state index < -0.39 is 40.4 Å². The number of benzene rings is 1. The van der Waals surface area contributed by atoms with E-state index in [2.05, 4.69) is 15.9 Å². The molecule has 7 nitrogen and oxygen atoms in total. The number of likely N-dealkylation sites (tertiary alicyclic amines) is 1. The zero-order chi connectivity index (χ0) is 21.6. The van der Waals surface area contributed by atoms with E-state index in [1.54, 1.807) is 25.7 Å². The summed E-state index contributed by atoms with van der Waals surface area (Å²) in [5.41, 5.74) is 4.09. The van der Waals surface area contributed by atoms with Gasteiger partial charge in [-0.2, -0.15) is 0 Å². The number of nitrogens with zero attached hydrogens (tertiary/aromatic N) is 1. The molecule has 0 bridgehead atoms. The second-order valence-electron chi connectivity index (χ2n) is 9.18. The van der Waals surface area contributed by atoms with Gasteiger partial charge in [0.1, 0.15) is 5.60 Å². The van der Waals surface area contributed by atoms with Gasteiger partial charge in [0.05, 0.1) is 25.2 Å². The lowest BCUT2D eigenvalue weighted by atomic mass is 9.67. The number of carbonyl (C=O) groups is 2. The molecule has 1 heterocycles. The molecule has 3 rings (SSSR count). The number of primary amides is 1. The first-order chi connectivity index (χ1) is 13.5. The van der Waals surface area contributed by atoms with E-state index in [-0.39, 0.29) is 19.6 Å². The van der Waals surface area contributed by atoms with E-state index in [4.69, 9.17) is 10.5 Å². The van der Waals surface area contributed by atoms with E-state index >= 15 is 0 Å². The molecule has 2 amide bonds. The van der Waals surface area contributed by atoms with Crippen LogP contribution in [0.3, 0.4) is 0 Å². The standard InChI is InChI=1S/C21H29BrN2O5/c1-19(2,3)29-18(28)24-9-8-21(13-6-4-5-7-15(13)22)14(16(23)27)10-20(11-25,12-26)17(21)24/h4-7,14,17,25-26H,8-12H2,1-3H3,(H2,23,27)/t14-,17+,21+/m1/s1. The summed E-state index contributed by atoms with van der Waals surface area (Å²) in [5.74, 6) is -1.14. The molecular formula is C21H29BrN2O5. The fourth-order valence-corrected chi connectivity index (χ4v) is 5.98. The second-order valence-corrected chi connectivity index (χ2v) is 10.0. The van der Waals surface area contributed by atoms with Gasteiger partial charge in [-0.1, -0.05) is 34.1 Å². The lowest BCUT2D eigenvalue weighted by Crippen LogP contribution is -2.55. The molecule has 0 spiro atoms. The number of fused-ring (bicyclic) bond motifs is 1. The van der Waals surface area contributed by atoms with Crippen LogP contribution in [-0.2, 0) is 14.9 Å². The predicted octanol–water partition coefficient (Wildman–Crippen LogP) is 2.17. The number of halogens is 1. The van der Waals surface area contributed by atoms with Crippen molar-refractivity contribution in [3.05, 3.63) is 34.3 Å². The van der Waals surface area contributed by atoms with Crippen LogP contribution in [0.5, 0.6) is 0 Å². The molecule has 2 fully saturated rings. The largest absolute Gasteiger partial charge is 0.444 e. The van der Waals surface area contributed by atoms with Crippen LogP contribution in [0.1, 0.15) is 39.2 Å². The molecule has 160 valence electrons.